The number of nitrogens with one attached hydrogen (secondary N) is 1. The Labute approximate surface area is 70.4 Å². The third kappa shape index (κ3) is 3.34. The van der Waals surface area contributed by atoms with E-state index < -0.39 is 18.2 Å². The maximum Gasteiger partial charge on any atom is 0.405 e. The average molecular weight is 175 g/mol. The van der Waals surface area contributed by atoms with Gasteiger partial charge >= 0.3 is 6.09 Å². The van der Waals surface area contributed by atoms with Crippen LogP contribution in [-0.4, -0.2) is 34.2 Å². The van der Waals surface area contributed by atoms with Crippen molar-refractivity contribution >= 4 is 11.9 Å². The summed E-state index contributed by atoms with van der Waals surface area (Å²) in [5.41, 5.74) is 0. The molecule has 5 heteroatoms. The molecule has 1 amide bonds. The van der Waals surface area contributed by atoms with E-state index in [1.807, 2.05) is 5.32 Å². The van der Waals surface area contributed by atoms with Gasteiger partial charge in [-0.2, -0.15) is 0 Å². The molecule has 0 saturated carbocycles. The summed E-state index contributed by atoms with van der Waals surface area (Å²) in [4.78, 5) is 21.2. The molecule has 0 aliphatic carbocycles. The average Bonchev–Trinajstić information content (AvgIpc) is 1.98. The van der Waals surface area contributed by atoms with Crippen LogP contribution in [0.25, 0.3) is 0 Å². The van der Waals surface area contributed by atoms with Gasteiger partial charge in [-0.3, -0.25) is 4.79 Å². The summed E-state index contributed by atoms with van der Waals surface area (Å²) in [6, 6.07) is -1.01. The molecule has 0 aromatic carbocycles. The normalized spacial score (nSPS) is 14.9. The van der Waals surface area contributed by atoms with Crippen molar-refractivity contribution in [2.45, 2.75) is 32.4 Å². The number of ketones is 1. The van der Waals surface area contributed by atoms with Crippen LogP contribution in [-0.2, 0) is 4.79 Å². The fourth-order valence-corrected chi connectivity index (χ4v) is 0.823. The lowest BCUT2D eigenvalue weighted by Crippen LogP contribution is -2.46. The highest BCUT2D eigenvalue weighted by Crippen LogP contribution is 1.97. The Balaban J connectivity index is 4.23. The Morgan fingerprint density at radius 2 is 2.00 bits per heavy atom. The van der Waals surface area contributed by atoms with Crippen molar-refractivity contribution in [1.29, 1.82) is 0 Å². The van der Waals surface area contributed by atoms with Gasteiger partial charge in [0.1, 0.15) is 6.04 Å². The van der Waals surface area contributed by atoms with Crippen molar-refractivity contribution < 1.29 is 19.8 Å². The minimum absolute atomic E-state index is 0.204. The number of carboxylic acid groups (broad SMARTS) is 1. The van der Waals surface area contributed by atoms with Crippen LogP contribution in [0.1, 0.15) is 20.3 Å². The molecule has 5 nitrogen and oxygen atoms in total. The smallest absolute Gasteiger partial charge is 0.405 e. The molecule has 0 aliphatic rings. The van der Waals surface area contributed by atoms with Crippen molar-refractivity contribution in [3.05, 3.63) is 0 Å². The minimum Gasteiger partial charge on any atom is -0.465 e. The van der Waals surface area contributed by atoms with E-state index in [0.29, 0.717) is 0 Å². The van der Waals surface area contributed by atoms with Gasteiger partial charge in [0.15, 0.2) is 5.78 Å². The highest BCUT2D eigenvalue weighted by Gasteiger charge is 2.23. The molecule has 12 heavy (non-hydrogen) atoms. The second kappa shape index (κ2) is 4.71. The lowest BCUT2D eigenvalue weighted by molar-refractivity contribution is -0.122. The van der Waals surface area contributed by atoms with Crippen LogP contribution in [0.4, 0.5) is 4.79 Å². The maximum atomic E-state index is 11.0. The molecule has 0 saturated heterocycles. The number of rotatable bonds is 4. The fraction of sp³-hybridized carbons (Fsp3) is 0.714. The van der Waals surface area contributed by atoms with Gasteiger partial charge in [-0.25, -0.2) is 4.79 Å². The van der Waals surface area contributed by atoms with Crippen molar-refractivity contribution in [2.75, 3.05) is 0 Å². The van der Waals surface area contributed by atoms with Crippen LogP contribution >= 0.6 is 0 Å². The number of Topliss-reactive ketones (excluding diaryl/α,β-unsaturated/α-hetero) is 1. The van der Waals surface area contributed by atoms with Crippen LogP contribution in [0.15, 0.2) is 0 Å². The summed E-state index contributed by atoms with van der Waals surface area (Å²) >= 11 is 0. The lowest BCUT2D eigenvalue weighted by Gasteiger charge is -2.17. The first-order valence-electron chi connectivity index (χ1n) is 3.69. The molecule has 0 radical (unpaired) electrons. The molecule has 0 aromatic heterocycles. The van der Waals surface area contributed by atoms with Gasteiger partial charge in [0, 0.05) is 6.42 Å². The van der Waals surface area contributed by atoms with Crippen LogP contribution < -0.4 is 5.32 Å². The topological polar surface area (TPSA) is 86.6 Å². The third-order valence-corrected chi connectivity index (χ3v) is 1.46. The van der Waals surface area contributed by atoms with Gasteiger partial charge in [-0.05, 0) is 6.92 Å². The molecule has 0 aliphatic heterocycles. The Kier molecular flexibility index (Phi) is 4.28. The molecule has 0 fully saturated rings. The van der Waals surface area contributed by atoms with Gasteiger partial charge in [0.05, 0.1) is 6.10 Å². The monoisotopic (exact) mass is 175 g/mol. The molecule has 2 unspecified atom stereocenters. The summed E-state index contributed by atoms with van der Waals surface area (Å²) in [6.07, 6.45) is -2.09. The van der Waals surface area contributed by atoms with Gasteiger partial charge < -0.3 is 15.5 Å². The molecular formula is C7H13NO4. The third-order valence-electron chi connectivity index (χ3n) is 1.46. The summed E-state index contributed by atoms with van der Waals surface area (Å²) < 4.78 is 0. The Morgan fingerprint density at radius 3 is 2.25 bits per heavy atom. The van der Waals surface area contributed by atoms with E-state index in [2.05, 4.69) is 0 Å². The van der Waals surface area contributed by atoms with Crippen LogP contribution in [0.2, 0.25) is 0 Å². The zero-order valence-electron chi connectivity index (χ0n) is 7.07. The fourth-order valence-electron chi connectivity index (χ4n) is 0.823. The van der Waals surface area contributed by atoms with Gasteiger partial charge in [0.2, 0.25) is 0 Å². The van der Waals surface area contributed by atoms with Crippen LogP contribution in [0, 0.1) is 0 Å². The predicted octanol–water partition coefficient (Wildman–Crippen LogP) is -0.0175. The van der Waals surface area contributed by atoms with Crippen molar-refractivity contribution in [3.8, 4) is 0 Å². The standard InChI is InChI=1S/C7H13NO4/c1-3-5(10)6(4(2)9)8-7(11)12/h4,6,8-9H,3H2,1-2H3,(H,11,12). The number of carbonyl (C=O) groups is 2. The van der Waals surface area contributed by atoms with Crippen molar-refractivity contribution in [2.24, 2.45) is 0 Å². The van der Waals surface area contributed by atoms with Gasteiger partial charge in [-0.15, -0.1) is 0 Å². The van der Waals surface area contributed by atoms with Gasteiger partial charge in [-0.1, -0.05) is 6.92 Å². The Bertz CT molecular complexity index is 178. The largest absolute Gasteiger partial charge is 0.465 e. The maximum absolute atomic E-state index is 11.0. The summed E-state index contributed by atoms with van der Waals surface area (Å²) in [5, 5.41) is 19.3. The summed E-state index contributed by atoms with van der Waals surface area (Å²) in [7, 11) is 0. The molecule has 2 atom stereocenters. The molecule has 0 bridgehead atoms. The van der Waals surface area contributed by atoms with Crippen LogP contribution in [0.3, 0.4) is 0 Å². The van der Waals surface area contributed by atoms with E-state index in [1.54, 1.807) is 6.92 Å². The summed E-state index contributed by atoms with van der Waals surface area (Å²) in [6.45, 7) is 2.98. The number of hydrogen-bond donors (Lipinski definition) is 3. The molecule has 0 spiro atoms. The van der Waals surface area contributed by atoms with E-state index in [0.717, 1.165) is 0 Å². The lowest BCUT2D eigenvalue weighted by atomic mass is 10.1. The zero-order chi connectivity index (χ0) is 9.72. The number of aliphatic hydroxyl groups excluding tert-OH is 1. The van der Waals surface area contributed by atoms with E-state index in [4.69, 9.17) is 10.2 Å². The van der Waals surface area contributed by atoms with E-state index in [-0.39, 0.29) is 12.2 Å². The highest BCUT2D eigenvalue weighted by atomic mass is 16.4. The number of carbonyl (C=O) groups excluding carboxylic acids is 1. The molecule has 70 valence electrons. The van der Waals surface area contributed by atoms with Crippen molar-refractivity contribution in [3.63, 3.8) is 0 Å². The van der Waals surface area contributed by atoms with Gasteiger partial charge in [0.25, 0.3) is 0 Å². The Hall–Kier alpha value is -1.10. The second-order valence-corrected chi connectivity index (χ2v) is 2.49. The van der Waals surface area contributed by atoms with Crippen LogP contribution in [0.5, 0.6) is 0 Å². The summed E-state index contributed by atoms with van der Waals surface area (Å²) in [5.74, 6) is -0.313. The predicted molar refractivity (Wildman–Crippen MR) is 41.9 cm³/mol. The number of aliphatic hydroxyl groups is 1. The number of hydrogen-bond acceptors (Lipinski definition) is 3. The molecular weight excluding hydrogens is 162 g/mol. The first-order chi connectivity index (χ1) is 5.49. The van der Waals surface area contributed by atoms with E-state index in [1.165, 1.54) is 6.92 Å². The first-order valence-corrected chi connectivity index (χ1v) is 3.69. The first kappa shape index (κ1) is 10.9. The zero-order valence-corrected chi connectivity index (χ0v) is 7.07. The number of amides is 1. The molecule has 0 heterocycles. The highest BCUT2D eigenvalue weighted by molar-refractivity contribution is 5.87. The van der Waals surface area contributed by atoms with E-state index in [9.17, 15) is 9.59 Å². The Morgan fingerprint density at radius 1 is 1.50 bits per heavy atom. The SMILES string of the molecule is CCC(=O)C(NC(=O)O)C(C)O. The minimum atomic E-state index is -1.30. The van der Waals surface area contributed by atoms with Crippen molar-refractivity contribution in [1.82, 2.24) is 5.32 Å². The molecule has 3 N–H and O–H groups in total. The van der Waals surface area contributed by atoms with E-state index >= 15 is 0 Å². The molecule has 0 aromatic rings. The molecule has 0 rings (SSSR count). The quantitative estimate of drug-likeness (QED) is 0.560. The second-order valence-electron chi connectivity index (χ2n) is 2.49.